The van der Waals surface area contributed by atoms with Crippen LogP contribution in [0, 0.1) is 33.9 Å². The summed E-state index contributed by atoms with van der Waals surface area (Å²) in [5.41, 5.74) is -0.457. The molecule has 2 heterocycles. The highest BCUT2D eigenvalue weighted by atomic mass is 19.1. The van der Waals surface area contributed by atoms with Gasteiger partial charge in [-0.05, 0) is 55.3 Å². The van der Waals surface area contributed by atoms with Crippen LogP contribution in [0.1, 0.15) is 58.4 Å². The van der Waals surface area contributed by atoms with Crippen molar-refractivity contribution in [1.29, 1.82) is 10.5 Å². The molecule has 0 fully saturated rings. The topological polar surface area (TPSA) is 176 Å². The van der Waals surface area contributed by atoms with Crippen LogP contribution in [0.3, 0.4) is 0 Å². The maximum Gasteiger partial charge on any atom is 0.517 e. The summed E-state index contributed by atoms with van der Waals surface area (Å²) in [6.45, 7) is 10.9. The molecule has 2 N–H and O–H groups in total. The first-order chi connectivity index (χ1) is 22.6. The lowest BCUT2D eigenvalue weighted by molar-refractivity contribution is 0.00892. The molecule has 3 aromatic carbocycles. The summed E-state index contributed by atoms with van der Waals surface area (Å²) in [5.74, 6) is -0.630. The van der Waals surface area contributed by atoms with Gasteiger partial charge in [-0.1, -0.05) is 45.0 Å². The van der Waals surface area contributed by atoms with Crippen molar-refractivity contribution < 1.29 is 23.5 Å². The average Bonchev–Trinajstić information content (AvgIpc) is 3.39. The van der Waals surface area contributed by atoms with Crippen LogP contribution >= 0.6 is 0 Å². The molecule has 0 unspecified atom stereocenters. The SMILES string of the molecule is CC(C)(C)Cn1ncc(-c2cc(C#N)c3c(=O)[nH]nc(CNC(=O)OC(=O)OC(C)(C)C)c3c2)c1-c1c(F)cc2ccccc2c1C#N. The second-order valence-electron chi connectivity index (χ2n) is 13.3. The predicted molar refractivity (Wildman–Crippen MR) is 175 cm³/mol. The molecule has 0 saturated heterocycles. The van der Waals surface area contributed by atoms with Crippen LogP contribution < -0.4 is 10.9 Å². The van der Waals surface area contributed by atoms with Gasteiger partial charge in [0.25, 0.3) is 5.56 Å². The van der Waals surface area contributed by atoms with Crippen LogP contribution in [-0.2, 0) is 22.6 Å². The molecule has 5 aromatic rings. The number of nitrogens with zero attached hydrogens (tertiary/aromatic N) is 5. The van der Waals surface area contributed by atoms with Gasteiger partial charge < -0.3 is 14.8 Å². The summed E-state index contributed by atoms with van der Waals surface area (Å²) in [7, 11) is 0. The van der Waals surface area contributed by atoms with Crippen LogP contribution in [-0.4, -0.2) is 37.8 Å². The Morgan fingerprint density at radius 3 is 2.44 bits per heavy atom. The third-order valence-corrected chi connectivity index (χ3v) is 7.18. The zero-order valence-electron chi connectivity index (χ0n) is 27.2. The number of carbonyl (C=O) groups is 2. The van der Waals surface area contributed by atoms with Crippen LogP contribution in [0.2, 0.25) is 0 Å². The Hall–Kier alpha value is -6.08. The number of carbonyl (C=O) groups excluding carboxylic acids is 2. The number of H-pyrrole nitrogens is 1. The molecular weight excluding hydrogens is 617 g/mol. The van der Waals surface area contributed by atoms with Gasteiger partial charge in [-0.25, -0.2) is 19.1 Å². The molecule has 1 amide bonds. The summed E-state index contributed by atoms with van der Waals surface area (Å²) in [4.78, 5) is 37.2. The van der Waals surface area contributed by atoms with Crippen molar-refractivity contribution in [3.8, 4) is 34.5 Å². The Bertz CT molecular complexity index is 2250. The number of aromatic amines is 1. The molecule has 0 aliphatic carbocycles. The number of alkyl carbamates (subject to hydrolysis) is 1. The average molecular weight is 650 g/mol. The van der Waals surface area contributed by atoms with Gasteiger partial charge in [0.05, 0.1) is 46.2 Å². The second kappa shape index (κ2) is 12.6. The monoisotopic (exact) mass is 649 g/mol. The number of hydrogen-bond donors (Lipinski definition) is 2. The van der Waals surface area contributed by atoms with Gasteiger partial charge in [-0.3, -0.25) is 9.48 Å². The lowest BCUT2D eigenvalue weighted by Crippen LogP contribution is -2.31. The van der Waals surface area contributed by atoms with Crippen LogP contribution in [0.25, 0.3) is 43.9 Å². The standard InChI is InChI=1S/C35H32FN7O5/c1-34(2,3)18-43-30(29-24(15-38)22-10-8-7-9-19(22)13-26(29)36)25(16-40-43)20-11-21(14-37)28-23(12-20)27(41-42-31(28)44)17-39-32(45)47-33(46)48-35(4,5)6/h7-13,16H,17-18H2,1-6H3,(H,39,45)(H,42,44). The quantitative estimate of drug-likeness (QED) is 0.155. The van der Waals surface area contributed by atoms with Gasteiger partial charge in [-0.2, -0.15) is 20.7 Å². The Kier molecular flexibility index (Phi) is 8.74. The molecule has 48 heavy (non-hydrogen) atoms. The molecule has 0 aliphatic rings. The van der Waals surface area contributed by atoms with Crippen molar-refractivity contribution >= 4 is 33.8 Å². The first kappa shape index (κ1) is 33.3. The Labute approximate surface area is 274 Å². The molecule has 244 valence electrons. The molecule has 13 heteroatoms. The van der Waals surface area contributed by atoms with E-state index in [1.165, 1.54) is 18.3 Å². The van der Waals surface area contributed by atoms with Gasteiger partial charge in [0.2, 0.25) is 0 Å². The fraction of sp³-hybridized carbons (Fsp3) is 0.286. The van der Waals surface area contributed by atoms with Crippen molar-refractivity contribution in [3.63, 3.8) is 0 Å². The van der Waals surface area contributed by atoms with E-state index in [1.54, 1.807) is 55.8 Å². The number of rotatable bonds is 5. The third kappa shape index (κ3) is 6.86. The summed E-state index contributed by atoms with van der Waals surface area (Å²) in [6, 6.07) is 15.7. The molecule has 0 aliphatic heterocycles. The minimum absolute atomic E-state index is 0.00629. The normalized spacial score (nSPS) is 11.6. The molecule has 0 atom stereocenters. The number of hydrogen-bond acceptors (Lipinski definition) is 9. The molecule has 5 rings (SSSR count). The third-order valence-electron chi connectivity index (χ3n) is 7.18. The van der Waals surface area contributed by atoms with Crippen molar-refractivity contribution in [1.82, 2.24) is 25.3 Å². The first-order valence-corrected chi connectivity index (χ1v) is 14.9. The number of nitriles is 2. The first-order valence-electron chi connectivity index (χ1n) is 14.9. The number of fused-ring (bicyclic) bond motifs is 2. The maximum atomic E-state index is 16.1. The van der Waals surface area contributed by atoms with Crippen LogP contribution in [0.5, 0.6) is 0 Å². The summed E-state index contributed by atoms with van der Waals surface area (Å²) in [6.07, 6.45) is -0.801. The lowest BCUT2D eigenvalue weighted by atomic mass is 9.91. The van der Waals surface area contributed by atoms with Crippen molar-refractivity contribution in [3.05, 3.63) is 81.7 Å². The van der Waals surface area contributed by atoms with Crippen molar-refractivity contribution in [2.45, 2.75) is 60.2 Å². The molecular formula is C35H32FN7O5. The Balaban J connectivity index is 1.69. The van der Waals surface area contributed by atoms with E-state index in [9.17, 15) is 24.9 Å². The van der Waals surface area contributed by atoms with Gasteiger partial charge in [-0.15, -0.1) is 0 Å². The molecule has 0 bridgehead atoms. The number of aromatic nitrogens is 4. The zero-order chi connectivity index (χ0) is 35.0. The van der Waals surface area contributed by atoms with E-state index >= 15 is 4.39 Å². The van der Waals surface area contributed by atoms with Gasteiger partial charge in [0, 0.05) is 22.9 Å². The zero-order valence-corrected chi connectivity index (χ0v) is 27.2. The molecule has 2 aromatic heterocycles. The molecule has 0 radical (unpaired) electrons. The minimum Gasteiger partial charge on any atom is -0.428 e. The predicted octanol–water partition coefficient (Wildman–Crippen LogP) is 6.70. The fourth-order valence-electron chi connectivity index (χ4n) is 5.36. The van der Waals surface area contributed by atoms with E-state index in [0.29, 0.717) is 34.1 Å². The van der Waals surface area contributed by atoms with Crippen molar-refractivity contribution in [2.75, 3.05) is 0 Å². The second-order valence-corrected chi connectivity index (χ2v) is 13.3. The fourth-order valence-corrected chi connectivity index (χ4v) is 5.36. The van der Waals surface area contributed by atoms with E-state index in [-0.39, 0.29) is 45.1 Å². The number of nitrogens with one attached hydrogen (secondary N) is 2. The number of halogens is 1. The Morgan fingerprint density at radius 2 is 1.77 bits per heavy atom. The van der Waals surface area contributed by atoms with E-state index < -0.39 is 29.2 Å². The van der Waals surface area contributed by atoms with Crippen LogP contribution in [0.15, 0.2) is 53.5 Å². The van der Waals surface area contributed by atoms with E-state index in [4.69, 9.17) is 4.74 Å². The largest absolute Gasteiger partial charge is 0.517 e. The number of ether oxygens (including phenoxy) is 2. The lowest BCUT2D eigenvalue weighted by Gasteiger charge is -2.21. The van der Waals surface area contributed by atoms with Crippen LogP contribution in [0.4, 0.5) is 14.0 Å². The summed E-state index contributed by atoms with van der Waals surface area (Å²) >= 11 is 0. The highest BCUT2D eigenvalue weighted by Crippen LogP contribution is 2.40. The summed E-state index contributed by atoms with van der Waals surface area (Å²) < 4.78 is 27.4. The number of amides is 1. The van der Waals surface area contributed by atoms with E-state index in [2.05, 4.69) is 31.4 Å². The van der Waals surface area contributed by atoms with Gasteiger partial charge in [0.1, 0.15) is 23.6 Å². The highest BCUT2D eigenvalue weighted by Gasteiger charge is 2.27. The van der Waals surface area contributed by atoms with Crippen molar-refractivity contribution in [2.24, 2.45) is 5.41 Å². The highest BCUT2D eigenvalue weighted by molar-refractivity contribution is 5.99. The summed E-state index contributed by atoms with van der Waals surface area (Å²) in [5, 5.41) is 35.2. The molecule has 0 saturated carbocycles. The maximum absolute atomic E-state index is 16.1. The smallest absolute Gasteiger partial charge is 0.428 e. The molecule has 0 spiro atoms. The number of benzene rings is 3. The molecule has 12 nitrogen and oxygen atoms in total. The van der Waals surface area contributed by atoms with Gasteiger partial charge >= 0.3 is 12.2 Å². The van der Waals surface area contributed by atoms with Gasteiger partial charge in [0.15, 0.2) is 0 Å². The van der Waals surface area contributed by atoms with E-state index in [1.807, 2.05) is 26.8 Å². The minimum atomic E-state index is -1.20. The Morgan fingerprint density at radius 1 is 1.04 bits per heavy atom. The van der Waals surface area contributed by atoms with E-state index in [0.717, 1.165) is 0 Å².